The second-order valence-corrected chi connectivity index (χ2v) is 6.99. The lowest BCUT2D eigenvalue weighted by atomic mass is 10.2. The molecule has 26 heavy (non-hydrogen) atoms. The average molecular weight is 389 g/mol. The summed E-state index contributed by atoms with van der Waals surface area (Å²) in [5.74, 6) is -0.254. The molecular weight excluding hydrogens is 365 g/mol. The van der Waals surface area contributed by atoms with Crippen LogP contribution in [0.1, 0.15) is 49.6 Å². The number of nitrogens with one attached hydrogen (secondary N) is 1. The van der Waals surface area contributed by atoms with Crippen molar-refractivity contribution in [3.63, 3.8) is 0 Å². The van der Waals surface area contributed by atoms with Crippen molar-refractivity contribution in [2.45, 2.75) is 33.9 Å². The number of nitrogens with two attached hydrogens (primary N) is 1. The van der Waals surface area contributed by atoms with Crippen LogP contribution in [0, 0.1) is 0 Å². The third kappa shape index (κ3) is 6.29. The van der Waals surface area contributed by atoms with Gasteiger partial charge in [0.25, 0.3) is 0 Å². The first-order chi connectivity index (χ1) is 12.3. The van der Waals surface area contributed by atoms with E-state index in [2.05, 4.69) is 10.5 Å². The van der Waals surface area contributed by atoms with Crippen LogP contribution in [0.2, 0.25) is 0 Å². The molecule has 1 aromatic heterocycles. The topological polar surface area (TPSA) is 142 Å². The summed E-state index contributed by atoms with van der Waals surface area (Å²) in [6, 6.07) is 0.491. The van der Waals surface area contributed by atoms with Crippen LogP contribution in [0.5, 0.6) is 0 Å². The summed E-state index contributed by atoms with van der Waals surface area (Å²) in [6.07, 6.45) is -0.236. The smallest absolute Gasteiger partial charge is 0.338 e. The number of hydrogen-bond acceptors (Lipinski definition) is 8. The highest BCUT2D eigenvalue weighted by Crippen LogP contribution is 2.52. The van der Waals surface area contributed by atoms with Crippen molar-refractivity contribution in [2.24, 2.45) is 10.8 Å². The SMILES string of the molecule is CCOC(=NNC(N)=O)c1cc(C(C)=O)oc1CP(=O)(OCC)OCC. The van der Waals surface area contributed by atoms with E-state index in [1.165, 1.54) is 13.0 Å². The molecule has 146 valence electrons. The number of hydrazone groups is 1. The van der Waals surface area contributed by atoms with Crippen molar-refractivity contribution in [1.29, 1.82) is 0 Å². The van der Waals surface area contributed by atoms with Crippen molar-refractivity contribution < 1.29 is 32.4 Å². The Morgan fingerprint density at radius 2 is 1.85 bits per heavy atom. The van der Waals surface area contributed by atoms with E-state index in [1.54, 1.807) is 20.8 Å². The molecule has 1 aromatic rings. The molecule has 0 unspecified atom stereocenters. The third-order valence-electron chi connectivity index (χ3n) is 2.92. The quantitative estimate of drug-likeness (QED) is 0.206. The maximum absolute atomic E-state index is 12.8. The van der Waals surface area contributed by atoms with Gasteiger partial charge in [-0.1, -0.05) is 0 Å². The Hall–Kier alpha value is -2.16. The molecular formula is C15H24N3O7P. The summed E-state index contributed by atoms with van der Waals surface area (Å²) in [5.41, 5.74) is 7.31. The molecule has 0 saturated heterocycles. The van der Waals surface area contributed by atoms with E-state index in [0.717, 1.165) is 0 Å². The molecule has 0 aliphatic carbocycles. The highest BCUT2D eigenvalue weighted by atomic mass is 31.2. The van der Waals surface area contributed by atoms with Gasteiger partial charge in [0.1, 0.15) is 11.9 Å². The first kappa shape index (κ1) is 21.9. The minimum Gasteiger partial charge on any atom is -0.476 e. The van der Waals surface area contributed by atoms with Crippen LogP contribution in [-0.4, -0.2) is 37.5 Å². The number of ether oxygens (including phenoxy) is 1. The van der Waals surface area contributed by atoms with Crippen LogP contribution in [0.3, 0.4) is 0 Å². The molecule has 0 fully saturated rings. The Kier molecular flexibility index (Phi) is 8.50. The number of Topliss-reactive ketones (excluding diaryl/α,β-unsaturated/α-hetero) is 1. The van der Waals surface area contributed by atoms with Gasteiger partial charge in [-0.2, -0.15) is 0 Å². The number of nitrogens with zero attached hydrogens (tertiary/aromatic N) is 1. The van der Waals surface area contributed by atoms with Crippen LogP contribution in [0.4, 0.5) is 4.79 Å². The standard InChI is InChI=1S/C15H24N3O7P/c1-5-22-14(17-18-15(16)20)11-8-12(10(4)19)25-13(11)9-26(21,23-6-2)24-7-3/h8H,5-7,9H2,1-4H3,(H3,16,18,20). The number of furan rings is 1. The second kappa shape index (κ2) is 10.1. The number of primary amides is 1. The zero-order chi connectivity index (χ0) is 19.7. The van der Waals surface area contributed by atoms with Crippen LogP contribution in [0.15, 0.2) is 15.6 Å². The minimum absolute atomic E-state index is 0.0148. The zero-order valence-electron chi connectivity index (χ0n) is 15.2. The number of urea groups is 1. The number of amides is 2. The number of ketones is 1. The Morgan fingerprint density at radius 3 is 2.31 bits per heavy atom. The van der Waals surface area contributed by atoms with E-state index in [-0.39, 0.29) is 54.7 Å². The highest BCUT2D eigenvalue weighted by Gasteiger charge is 2.30. The number of carbonyl (C=O) groups is 2. The van der Waals surface area contributed by atoms with Crippen molar-refractivity contribution in [2.75, 3.05) is 19.8 Å². The lowest BCUT2D eigenvalue weighted by Crippen LogP contribution is -2.26. The molecule has 0 aliphatic heterocycles. The van der Waals surface area contributed by atoms with E-state index in [0.29, 0.717) is 0 Å². The summed E-state index contributed by atoms with van der Waals surface area (Å²) in [5, 5.41) is 3.77. The highest BCUT2D eigenvalue weighted by molar-refractivity contribution is 7.53. The summed E-state index contributed by atoms with van der Waals surface area (Å²) in [4.78, 5) is 22.6. The number of carbonyl (C=O) groups excluding carboxylic acids is 2. The molecule has 1 rings (SSSR count). The predicted octanol–water partition coefficient (Wildman–Crippen LogP) is 2.61. The first-order valence-corrected chi connectivity index (χ1v) is 9.77. The van der Waals surface area contributed by atoms with Gasteiger partial charge in [0, 0.05) is 13.0 Å². The fourth-order valence-corrected chi connectivity index (χ4v) is 3.64. The Balaban J connectivity index is 3.37. The van der Waals surface area contributed by atoms with Gasteiger partial charge < -0.3 is 23.9 Å². The summed E-state index contributed by atoms with van der Waals surface area (Å²) < 4.78 is 34.2. The van der Waals surface area contributed by atoms with Gasteiger partial charge in [0.2, 0.25) is 5.90 Å². The lowest BCUT2D eigenvalue weighted by molar-refractivity contribution is 0.0985. The van der Waals surface area contributed by atoms with E-state index >= 15 is 0 Å². The van der Waals surface area contributed by atoms with Crippen LogP contribution >= 0.6 is 7.60 Å². The molecule has 0 bridgehead atoms. The van der Waals surface area contributed by atoms with Crippen molar-refractivity contribution in [1.82, 2.24) is 5.43 Å². The summed E-state index contributed by atoms with van der Waals surface area (Å²) in [7, 11) is -3.51. The first-order valence-electron chi connectivity index (χ1n) is 8.04. The van der Waals surface area contributed by atoms with Gasteiger partial charge in [-0.3, -0.25) is 9.36 Å². The predicted molar refractivity (Wildman–Crippen MR) is 94.2 cm³/mol. The molecule has 0 atom stereocenters. The molecule has 11 heteroatoms. The lowest BCUT2D eigenvalue weighted by Gasteiger charge is -2.16. The van der Waals surface area contributed by atoms with Crippen molar-refractivity contribution in [3.05, 3.63) is 23.2 Å². The molecule has 1 heterocycles. The summed E-state index contributed by atoms with van der Waals surface area (Å²) in [6.45, 7) is 6.94. The average Bonchev–Trinajstić information content (AvgIpc) is 2.95. The normalized spacial score (nSPS) is 12.1. The zero-order valence-corrected chi connectivity index (χ0v) is 16.1. The number of rotatable bonds is 10. The van der Waals surface area contributed by atoms with E-state index in [1.807, 2.05) is 0 Å². The van der Waals surface area contributed by atoms with E-state index in [4.69, 9.17) is 23.9 Å². The van der Waals surface area contributed by atoms with E-state index in [9.17, 15) is 14.2 Å². The molecule has 3 N–H and O–H groups in total. The van der Waals surface area contributed by atoms with Crippen molar-refractivity contribution in [3.8, 4) is 0 Å². The number of hydrogen-bond donors (Lipinski definition) is 2. The molecule has 0 aliphatic rings. The van der Waals surface area contributed by atoms with Crippen LogP contribution in [-0.2, 0) is 24.5 Å². The van der Waals surface area contributed by atoms with Gasteiger partial charge >= 0.3 is 13.6 Å². The van der Waals surface area contributed by atoms with Gasteiger partial charge in [0.15, 0.2) is 11.5 Å². The largest absolute Gasteiger partial charge is 0.476 e. The molecule has 0 spiro atoms. The van der Waals surface area contributed by atoms with Crippen molar-refractivity contribution >= 4 is 25.3 Å². The van der Waals surface area contributed by atoms with Gasteiger partial charge in [-0.15, -0.1) is 5.10 Å². The van der Waals surface area contributed by atoms with Crippen LogP contribution < -0.4 is 11.2 Å². The fraction of sp³-hybridized carbons (Fsp3) is 0.533. The maximum Gasteiger partial charge on any atom is 0.338 e. The third-order valence-corrected chi connectivity index (χ3v) is 4.90. The summed E-state index contributed by atoms with van der Waals surface area (Å²) >= 11 is 0. The monoisotopic (exact) mass is 389 g/mol. The Morgan fingerprint density at radius 1 is 1.23 bits per heavy atom. The van der Waals surface area contributed by atoms with Crippen LogP contribution in [0.25, 0.3) is 0 Å². The molecule has 0 radical (unpaired) electrons. The molecule has 0 aromatic carbocycles. The minimum atomic E-state index is -3.51. The van der Waals surface area contributed by atoms with Gasteiger partial charge in [0.05, 0.1) is 25.4 Å². The fourth-order valence-electron chi connectivity index (χ4n) is 2.01. The van der Waals surface area contributed by atoms with Gasteiger partial charge in [-0.25, -0.2) is 10.2 Å². The van der Waals surface area contributed by atoms with E-state index < -0.39 is 13.6 Å². The van der Waals surface area contributed by atoms with Gasteiger partial charge in [-0.05, 0) is 20.8 Å². The molecule has 0 saturated carbocycles. The molecule has 10 nitrogen and oxygen atoms in total. The Bertz CT molecular complexity index is 704. The molecule has 2 amide bonds. The maximum atomic E-state index is 12.8. The second-order valence-electron chi connectivity index (χ2n) is 4.93. The Labute approximate surface area is 151 Å².